The highest BCUT2D eigenvalue weighted by Crippen LogP contribution is 2.37. The maximum absolute atomic E-state index is 11.7. The molecule has 0 bridgehead atoms. The molecule has 2 aromatic rings. The summed E-state index contributed by atoms with van der Waals surface area (Å²) in [7, 11) is 1.97. The summed E-state index contributed by atoms with van der Waals surface area (Å²) in [5.41, 5.74) is 2.79. The van der Waals surface area contributed by atoms with Crippen LogP contribution in [-0.4, -0.2) is 10.5 Å². The van der Waals surface area contributed by atoms with E-state index >= 15 is 0 Å². The normalized spacial score (nSPS) is 16.6. The molecule has 0 radical (unpaired) electrons. The van der Waals surface area contributed by atoms with E-state index in [2.05, 4.69) is 5.32 Å². The molecule has 0 atom stereocenters. The third-order valence-electron chi connectivity index (χ3n) is 2.70. The van der Waals surface area contributed by atoms with Gasteiger partial charge in [0.2, 0.25) is 0 Å². The van der Waals surface area contributed by atoms with Crippen molar-refractivity contribution in [2.24, 2.45) is 7.05 Å². The third-order valence-corrected chi connectivity index (χ3v) is 3.53. The molecule has 2 aromatic heterocycles. The van der Waals surface area contributed by atoms with Crippen LogP contribution in [0.3, 0.4) is 0 Å². The maximum Gasteiger partial charge on any atom is 0.257 e. The van der Waals surface area contributed by atoms with Gasteiger partial charge < -0.3 is 9.88 Å². The average molecular weight is 230 g/mol. The summed E-state index contributed by atoms with van der Waals surface area (Å²) >= 11 is 1.56. The zero-order valence-electron chi connectivity index (χ0n) is 8.73. The predicted molar refractivity (Wildman–Crippen MR) is 66.2 cm³/mol. The zero-order chi connectivity index (χ0) is 11.1. The van der Waals surface area contributed by atoms with Crippen LogP contribution >= 0.6 is 11.3 Å². The van der Waals surface area contributed by atoms with Crippen LogP contribution in [0, 0.1) is 0 Å². The van der Waals surface area contributed by atoms with Gasteiger partial charge in [0.05, 0.1) is 5.57 Å². The lowest BCUT2D eigenvalue weighted by molar-refractivity contribution is -0.110. The fourth-order valence-electron chi connectivity index (χ4n) is 1.83. The van der Waals surface area contributed by atoms with E-state index in [1.807, 2.05) is 47.5 Å². The average Bonchev–Trinajstić information content (AvgIpc) is 2.89. The molecule has 0 saturated carbocycles. The molecule has 0 aromatic carbocycles. The van der Waals surface area contributed by atoms with Gasteiger partial charge in [-0.1, -0.05) is 0 Å². The van der Waals surface area contributed by atoms with E-state index < -0.39 is 0 Å². The Labute approximate surface area is 97.0 Å². The molecule has 1 aliphatic heterocycles. The molecule has 0 unspecified atom stereocenters. The van der Waals surface area contributed by atoms with E-state index in [9.17, 15) is 4.79 Å². The van der Waals surface area contributed by atoms with Crippen LogP contribution in [0.15, 0.2) is 29.8 Å². The highest BCUT2D eigenvalue weighted by molar-refractivity contribution is 7.15. The van der Waals surface area contributed by atoms with Gasteiger partial charge >= 0.3 is 0 Å². The van der Waals surface area contributed by atoms with E-state index in [4.69, 9.17) is 0 Å². The van der Waals surface area contributed by atoms with Crippen molar-refractivity contribution in [2.75, 3.05) is 5.32 Å². The summed E-state index contributed by atoms with van der Waals surface area (Å²) in [6.07, 6.45) is 3.89. The minimum absolute atomic E-state index is 0.0111. The molecule has 0 fully saturated rings. The summed E-state index contributed by atoms with van der Waals surface area (Å²) < 4.78 is 1.99. The minimum Gasteiger partial charge on any atom is -0.351 e. The second kappa shape index (κ2) is 3.35. The molecule has 16 heavy (non-hydrogen) atoms. The summed E-state index contributed by atoms with van der Waals surface area (Å²) in [6, 6.07) is 5.94. The van der Waals surface area contributed by atoms with Crippen molar-refractivity contribution < 1.29 is 4.79 Å². The smallest absolute Gasteiger partial charge is 0.257 e. The molecule has 80 valence electrons. The first-order valence-electron chi connectivity index (χ1n) is 4.98. The van der Waals surface area contributed by atoms with Crippen LogP contribution in [0.4, 0.5) is 5.00 Å². The summed E-state index contributed by atoms with van der Waals surface area (Å²) in [5.74, 6) is -0.0111. The van der Waals surface area contributed by atoms with Gasteiger partial charge in [-0.05, 0) is 29.7 Å². The number of anilines is 1. The third kappa shape index (κ3) is 1.31. The SMILES string of the molecule is Cn1cccc1/C=C1\C(=O)Nc2sccc21. The van der Waals surface area contributed by atoms with Crippen LogP contribution in [0.2, 0.25) is 0 Å². The molecule has 1 amide bonds. The second-order valence-electron chi connectivity index (χ2n) is 3.72. The number of carbonyl (C=O) groups is 1. The first kappa shape index (κ1) is 9.42. The summed E-state index contributed by atoms with van der Waals surface area (Å²) in [6.45, 7) is 0. The Hall–Kier alpha value is -1.81. The van der Waals surface area contributed by atoms with E-state index in [-0.39, 0.29) is 5.91 Å². The van der Waals surface area contributed by atoms with Crippen molar-refractivity contribution >= 4 is 33.9 Å². The Balaban J connectivity index is 2.11. The van der Waals surface area contributed by atoms with Crippen LogP contribution < -0.4 is 5.32 Å². The number of hydrogen-bond donors (Lipinski definition) is 1. The number of aryl methyl sites for hydroxylation is 1. The number of rotatable bonds is 1. The van der Waals surface area contributed by atoms with Gasteiger partial charge in [0.25, 0.3) is 5.91 Å². The monoisotopic (exact) mass is 230 g/mol. The number of amides is 1. The minimum atomic E-state index is -0.0111. The molecule has 3 rings (SSSR count). The number of carbonyl (C=O) groups excluding carboxylic acids is 1. The lowest BCUT2D eigenvalue weighted by Crippen LogP contribution is -2.04. The predicted octanol–water partition coefficient (Wildman–Crippen LogP) is 2.58. The molecule has 3 heterocycles. The van der Waals surface area contributed by atoms with Gasteiger partial charge in [0.1, 0.15) is 5.00 Å². The molecule has 3 nitrogen and oxygen atoms in total. The quantitative estimate of drug-likeness (QED) is 0.751. The number of nitrogens with one attached hydrogen (secondary N) is 1. The first-order chi connectivity index (χ1) is 7.75. The highest BCUT2D eigenvalue weighted by atomic mass is 32.1. The molecular weight excluding hydrogens is 220 g/mol. The van der Waals surface area contributed by atoms with Crippen molar-refractivity contribution in [3.05, 3.63) is 41.0 Å². The lowest BCUT2D eigenvalue weighted by atomic mass is 10.1. The number of hydrogen-bond acceptors (Lipinski definition) is 2. The largest absolute Gasteiger partial charge is 0.351 e. The van der Waals surface area contributed by atoms with Crippen molar-refractivity contribution in [2.45, 2.75) is 0 Å². The molecule has 0 saturated heterocycles. The Morgan fingerprint density at radius 2 is 2.31 bits per heavy atom. The van der Waals surface area contributed by atoms with Crippen LogP contribution in [0.1, 0.15) is 11.3 Å². The molecule has 1 N–H and O–H groups in total. The lowest BCUT2D eigenvalue weighted by Gasteiger charge is -1.98. The van der Waals surface area contributed by atoms with Gasteiger partial charge in [-0.2, -0.15) is 0 Å². The Morgan fingerprint density at radius 3 is 3.06 bits per heavy atom. The maximum atomic E-state index is 11.7. The topological polar surface area (TPSA) is 34.0 Å². The number of nitrogens with zero attached hydrogens (tertiary/aromatic N) is 1. The molecular formula is C12H10N2OS. The number of aromatic nitrogens is 1. The van der Waals surface area contributed by atoms with Crippen LogP contribution in [0.5, 0.6) is 0 Å². The summed E-state index contributed by atoms with van der Waals surface area (Å²) in [4.78, 5) is 11.7. The number of thiophene rings is 1. The molecule has 0 aliphatic carbocycles. The number of fused-ring (bicyclic) bond motifs is 1. The van der Waals surface area contributed by atoms with Gasteiger partial charge in [0, 0.05) is 24.5 Å². The second-order valence-corrected chi connectivity index (χ2v) is 4.64. The molecule has 1 aliphatic rings. The van der Waals surface area contributed by atoms with E-state index in [0.29, 0.717) is 0 Å². The van der Waals surface area contributed by atoms with Gasteiger partial charge in [-0.3, -0.25) is 4.79 Å². The molecule has 4 heteroatoms. The van der Waals surface area contributed by atoms with Crippen molar-refractivity contribution in [3.63, 3.8) is 0 Å². The van der Waals surface area contributed by atoms with Crippen LogP contribution in [-0.2, 0) is 11.8 Å². The Kier molecular flexibility index (Phi) is 1.97. The Morgan fingerprint density at radius 1 is 1.44 bits per heavy atom. The van der Waals surface area contributed by atoms with Crippen molar-refractivity contribution in [3.8, 4) is 0 Å². The first-order valence-corrected chi connectivity index (χ1v) is 5.86. The van der Waals surface area contributed by atoms with E-state index in [1.165, 1.54) is 0 Å². The van der Waals surface area contributed by atoms with Crippen LogP contribution in [0.25, 0.3) is 11.6 Å². The van der Waals surface area contributed by atoms with Gasteiger partial charge in [0.15, 0.2) is 0 Å². The van der Waals surface area contributed by atoms with E-state index in [1.54, 1.807) is 11.3 Å². The van der Waals surface area contributed by atoms with Gasteiger partial charge in [-0.15, -0.1) is 11.3 Å². The van der Waals surface area contributed by atoms with E-state index in [0.717, 1.165) is 21.8 Å². The highest BCUT2D eigenvalue weighted by Gasteiger charge is 2.25. The Bertz CT molecular complexity index is 592. The zero-order valence-corrected chi connectivity index (χ0v) is 9.54. The standard InChI is InChI=1S/C12H10N2OS/c1-14-5-2-3-8(14)7-10-9-4-6-16-12(9)13-11(10)15/h2-7H,1H3,(H,13,15)/b10-7-. The fraction of sp³-hybridized carbons (Fsp3) is 0.0833. The van der Waals surface area contributed by atoms with Gasteiger partial charge in [-0.25, -0.2) is 0 Å². The fourth-order valence-corrected chi connectivity index (χ4v) is 2.62. The van der Waals surface area contributed by atoms with Crippen molar-refractivity contribution in [1.29, 1.82) is 0 Å². The van der Waals surface area contributed by atoms with Crippen molar-refractivity contribution in [1.82, 2.24) is 4.57 Å². The summed E-state index contributed by atoms with van der Waals surface area (Å²) in [5, 5.41) is 5.80. The molecule has 0 spiro atoms.